The van der Waals surface area contributed by atoms with Gasteiger partial charge in [-0.05, 0) is 37.8 Å². The SMILES string of the molecule is Fc1ccccc1NCc1nc2c(s1)CCCC2. The Bertz CT molecular complexity index is 527. The summed E-state index contributed by atoms with van der Waals surface area (Å²) in [6.45, 7) is 0.610. The molecule has 0 unspecified atom stereocenters. The van der Waals surface area contributed by atoms with Crippen molar-refractivity contribution in [3.8, 4) is 0 Å². The highest BCUT2D eigenvalue weighted by molar-refractivity contribution is 7.11. The predicted octanol–water partition coefficient (Wildman–Crippen LogP) is 3.77. The lowest BCUT2D eigenvalue weighted by molar-refractivity contribution is 0.630. The molecule has 1 heterocycles. The van der Waals surface area contributed by atoms with Crippen LogP contribution in [0, 0.1) is 5.82 Å². The van der Waals surface area contributed by atoms with E-state index >= 15 is 0 Å². The van der Waals surface area contributed by atoms with Crippen molar-refractivity contribution < 1.29 is 4.39 Å². The van der Waals surface area contributed by atoms with Crippen LogP contribution in [0.3, 0.4) is 0 Å². The molecule has 0 spiro atoms. The van der Waals surface area contributed by atoms with Crippen LogP contribution >= 0.6 is 11.3 Å². The van der Waals surface area contributed by atoms with Crippen LogP contribution in [0.25, 0.3) is 0 Å². The van der Waals surface area contributed by atoms with Gasteiger partial charge in [0.2, 0.25) is 0 Å². The number of nitrogens with one attached hydrogen (secondary N) is 1. The number of hydrogen-bond acceptors (Lipinski definition) is 3. The molecule has 1 aliphatic carbocycles. The molecule has 94 valence electrons. The van der Waals surface area contributed by atoms with E-state index in [9.17, 15) is 4.39 Å². The second kappa shape index (κ2) is 5.06. The van der Waals surface area contributed by atoms with E-state index in [0.717, 1.165) is 17.8 Å². The number of thiazole rings is 1. The van der Waals surface area contributed by atoms with E-state index in [4.69, 9.17) is 0 Å². The third kappa shape index (κ3) is 2.38. The number of hydrogen-bond donors (Lipinski definition) is 1. The molecule has 0 aliphatic heterocycles. The van der Waals surface area contributed by atoms with Crippen molar-refractivity contribution in [2.24, 2.45) is 0 Å². The first kappa shape index (κ1) is 11.7. The maximum absolute atomic E-state index is 13.4. The number of halogens is 1. The molecular formula is C14H15FN2S. The first-order valence-corrected chi connectivity index (χ1v) is 7.10. The van der Waals surface area contributed by atoms with E-state index in [-0.39, 0.29) is 5.82 Å². The standard InChI is InChI=1S/C14H15FN2S/c15-10-5-1-2-6-11(10)16-9-14-17-12-7-3-4-8-13(12)18-14/h1-2,5-6,16H,3-4,7-9H2. The summed E-state index contributed by atoms with van der Waals surface area (Å²) in [5.41, 5.74) is 1.81. The number of aromatic nitrogens is 1. The smallest absolute Gasteiger partial charge is 0.146 e. The van der Waals surface area contributed by atoms with Crippen molar-refractivity contribution in [1.82, 2.24) is 4.98 Å². The molecule has 0 fully saturated rings. The molecule has 1 aromatic heterocycles. The maximum Gasteiger partial charge on any atom is 0.146 e. The molecule has 2 aromatic rings. The van der Waals surface area contributed by atoms with Gasteiger partial charge in [-0.3, -0.25) is 0 Å². The minimum atomic E-state index is -0.209. The molecule has 4 heteroatoms. The Hall–Kier alpha value is -1.42. The van der Waals surface area contributed by atoms with Gasteiger partial charge in [0.15, 0.2) is 0 Å². The topological polar surface area (TPSA) is 24.9 Å². The zero-order valence-electron chi connectivity index (χ0n) is 10.1. The van der Waals surface area contributed by atoms with Crippen LogP contribution < -0.4 is 5.32 Å². The van der Waals surface area contributed by atoms with Gasteiger partial charge in [0, 0.05) is 4.88 Å². The van der Waals surface area contributed by atoms with Crippen LogP contribution in [0.1, 0.15) is 28.4 Å². The third-order valence-corrected chi connectivity index (χ3v) is 4.35. The van der Waals surface area contributed by atoms with Crippen LogP contribution in [0.5, 0.6) is 0 Å². The highest BCUT2D eigenvalue weighted by atomic mass is 32.1. The van der Waals surface area contributed by atoms with Gasteiger partial charge in [0.05, 0.1) is 17.9 Å². The first-order valence-electron chi connectivity index (χ1n) is 6.29. The van der Waals surface area contributed by atoms with E-state index in [1.807, 2.05) is 6.07 Å². The summed E-state index contributed by atoms with van der Waals surface area (Å²) in [6.07, 6.45) is 4.78. The zero-order valence-corrected chi connectivity index (χ0v) is 10.9. The summed E-state index contributed by atoms with van der Waals surface area (Å²) in [7, 11) is 0. The number of benzene rings is 1. The molecular weight excluding hydrogens is 247 g/mol. The van der Waals surface area contributed by atoms with Crippen LogP contribution in [0.15, 0.2) is 24.3 Å². The Balaban J connectivity index is 1.70. The van der Waals surface area contributed by atoms with Gasteiger partial charge in [-0.1, -0.05) is 12.1 Å². The summed E-state index contributed by atoms with van der Waals surface area (Å²) in [5, 5.41) is 4.17. The fraction of sp³-hybridized carbons (Fsp3) is 0.357. The van der Waals surface area contributed by atoms with Crippen LogP contribution in [0.4, 0.5) is 10.1 Å². The molecule has 1 aliphatic rings. The van der Waals surface area contributed by atoms with Crippen molar-refractivity contribution in [1.29, 1.82) is 0 Å². The third-order valence-electron chi connectivity index (χ3n) is 3.19. The lowest BCUT2D eigenvalue weighted by Gasteiger charge is -2.06. The van der Waals surface area contributed by atoms with E-state index < -0.39 is 0 Å². The quantitative estimate of drug-likeness (QED) is 0.910. The molecule has 0 radical (unpaired) electrons. The average molecular weight is 262 g/mol. The fourth-order valence-electron chi connectivity index (χ4n) is 2.26. The number of aryl methyl sites for hydroxylation is 2. The lowest BCUT2D eigenvalue weighted by Crippen LogP contribution is -2.02. The highest BCUT2D eigenvalue weighted by Gasteiger charge is 2.14. The predicted molar refractivity (Wildman–Crippen MR) is 72.5 cm³/mol. The van der Waals surface area contributed by atoms with Gasteiger partial charge in [-0.25, -0.2) is 9.37 Å². The van der Waals surface area contributed by atoms with Crippen molar-refractivity contribution in [2.75, 3.05) is 5.32 Å². The lowest BCUT2D eigenvalue weighted by atomic mass is 10.0. The van der Waals surface area contributed by atoms with Crippen LogP contribution in [-0.4, -0.2) is 4.98 Å². The van der Waals surface area contributed by atoms with Gasteiger partial charge < -0.3 is 5.32 Å². The number of fused-ring (bicyclic) bond motifs is 1. The summed E-state index contributed by atoms with van der Waals surface area (Å²) < 4.78 is 13.4. The molecule has 1 N–H and O–H groups in total. The fourth-order valence-corrected chi connectivity index (χ4v) is 3.35. The number of nitrogens with zero attached hydrogens (tertiary/aromatic N) is 1. The number of rotatable bonds is 3. The van der Waals surface area contributed by atoms with Crippen LogP contribution in [0.2, 0.25) is 0 Å². The van der Waals surface area contributed by atoms with Gasteiger partial charge in [-0.15, -0.1) is 11.3 Å². The highest BCUT2D eigenvalue weighted by Crippen LogP contribution is 2.27. The average Bonchev–Trinajstić information content (AvgIpc) is 2.80. The van der Waals surface area contributed by atoms with E-state index in [0.29, 0.717) is 12.2 Å². The Labute approximate surface area is 110 Å². The number of para-hydroxylation sites is 1. The zero-order chi connectivity index (χ0) is 12.4. The van der Waals surface area contributed by atoms with Crippen LogP contribution in [-0.2, 0) is 19.4 Å². The Kier molecular flexibility index (Phi) is 3.28. The molecule has 0 saturated carbocycles. The van der Waals surface area contributed by atoms with Gasteiger partial charge in [0.1, 0.15) is 10.8 Å². The maximum atomic E-state index is 13.4. The van der Waals surface area contributed by atoms with Gasteiger partial charge >= 0.3 is 0 Å². The second-order valence-corrected chi connectivity index (χ2v) is 5.69. The molecule has 2 nitrogen and oxygen atoms in total. The summed E-state index contributed by atoms with van der Waals surface area (Å²) in [4.78, 5) is 6.05. The molecule has 3 rings (SSSR count). The van der Waals surface area contributed by atoms with Gasteiger partial charge in [0.25, 0.3) is 0 Å². The molecule has 0 saturated heterocycles. The monoisotopic (exact) mass is 262 g/mol. The molecule has 0 atom stereocenters. The Morgan fingerprint density at radius 2 is 2.06 bits per heavy atom. The molecule has 18 heavy (non-hydrogen) atoms. The second-order valence-electron chi connectivity index (χ2n) is 4.52. The molecule has 0 bridgehead atoms. The Morgan fingerprint density at radius 3 is 2.89 bits per heavy atom. The normalized spacial score (nSPS) is 14.3. The largest absolute Gasteiger partial charge is 0.376 e. The van der Waals surface area contributed by atoms with E-state index in [1.165, 1.54) is 29.5 Å². The first-order chi connectivity index (χ1) is 8.83. The molecule has 0 amide bonds. The van der Waals surface area contributed by atoms with E-state index in [2.05, 4.69) is 10.3 Å². The number of anilines is 1. The van der Waals surface area contributed by atoms with Crippen molar-refractivity contribution >= 4 is 17.0 Å². The van der Waals surface area contributed by atoms with Crippen molar-refractivity contribution in [2.45, 2.75) is 32.2 Å². The summed E-state index contributed by atoms with van der Waals surface area (Å²) in [5.74, 6) is -0.209. The minimum Gasteiger partial charge on any atom is -0.376 e. The van der Waals surface area contributed by atoms with Gasteiger partial charge in [-0.2, -0.15) is 0 Å². The van der Waals surface area contributed by atoms with Crippen molar-refractivity contribution in [3.63, 3.8) is 0 Å². The summed E-state index contributed by atoms with van der Waals surface area (Å²) >= 11 is 1.76. The Morgan fingerprint density at radius 1 is 1.22 bits per heavy atom. The summed E-state index contributed by atoms with van der Waals surface area (Å²) in [6, 6.07) is 6.75. The van der Waals surface area contributed by atoms with E-state index in [1.54, 1.807) is 23.5 Å². The van der Waals surface area contributed by atoms with Crippen molar-refractivity contribution in [3.05, 3.63) is 45.7 Å². The minimum absolute atomic E-state index is 0.209. The molecule has 1 aromatic carbocycles.